The molecule has 1 amide bonds. The molecule has 1 aliphatic rings. The second-order valence-electron chi connectivity index (χ2n) is 8.24. The van der Waals surface area contributed by atoms with Crippen molar-refractivity contribution in [3.8, 4) is 5.75 Å². The zero-order valence-corrected chi connectivity index (χ0v) is 21.7. The number of fused-ring (bicyclic) bond motifs is 1. The number of nitrogens with zero attached hydrogens (tertiary/aromatic N) is 4. The van der Waals surface area contributed by atoms with Gasteiger partial charge in [0.2, 0.25) is 5.91 Å². The number of sulfonamides is 1. The van der Waals surface area contributed by atoms with Crippen molar-refractivity contribution in [2.75, 3.05) is 18.6 Å². The van der Waals surface area contributed by atoms with Crippen LogP contribution in [0.5, 0.6) is 5.75 Å². The molecule has 1 fully saturated rings. The van der Waals surface area contributed by atoms with E-state index in [0.29, 0.717) is 35.8 Å². The fourth-order valence-corrected chi connectivity index (χ4v) is 8.10. The average molecular weight is 529 g/mol. The quantitative estimate of drug-likeness (QED) is 0.352. The molecule has 0 saturated carbocycles. The summed E-state index contributed by atoms with van der Waals surface area (Å²) in [6.07, 6.45) is 4.43. The Morgan fingerprint density at radius 1 is 1.23 bits per heavy atom. The summed E-state index contributed by atoms with van der Waals surface area (Å²) in [4.78, 5) is 24.5. The van der Waals surface area contributed by atoms with Crippen molar-refractivity contribution < 1.29 is 17.9 Å². The first-order valence-electron chi connectivity index (χ1n) is 11.1. The van der Waals surface area contributed by atoms with Crippen LogP contribution in [0.4, 0.5) is 5.13 Å². The molecule has 1 unspecified atom stereocenters. The Balaban J connectivity index is 1.57. The highest BCUT2D eigenvalue weighted by atomic mass is 32.2. The summed E-state index contributed by atoms with van der Waals surface area (Å²) < 4.78 is 34.7. The predicted octanol–water partition coefficient (Wildman–Crippen LogP) is 4.46. The number of thiazole rings is 1. The van der Waals surface area contributed by atoms with Crippen LogP contribution in [0.15, 0.2) is 58.4 Å². The van der Waals surface area contributed by atoms with E-state index in [1.807, 2.05) is 31.2 Å². The fourth-order valence-electron chi connectivity index (χ4n) is 4.27. The van der Waals surface area contributed by atoms with Gasteiger partial charge >= 0.3 is 0 Å². The van der Waals surface area contributed by atoms with Gasteiger partial charge in [-0.1, -0.05) is 23.5 Å². The Hall–Kier alpha value is -2.86. The highest BCUT2D eigenvalue weighted by Gasteiger charge is 2.42. The smallest absolute Gasteiger partial charge is 0.253 e. The molecular formula is C24H24N4O4S3. The van der Waals surface area contributed by atoms with Gasteiger partial charge in [0.15, 0.2) is 5.13 Å². The molecule has 0 radical (unpaired) electrons. The molecular weight excluding hydrogens is 504 g/mol. The van der Waals surface area contributed by atoms with Gasteiger partial charge in [-0.2, -0.15) is 4.31 Å². The summed E-state index contributed by atoms with van der Waals surface area (Å²) in [5.74, 6) is 0.349. The van der Waals surface area contributed by atoms with Gasteiger partial charge in [-0.15, -0.1) is 11.3 Å². The van der Waals surface area contributed by atoms with Crippen LogP contribution >= 0.6 is 22.7 Å². The van der Waals surface area contributed by atoms with Crippen LogP contribution in [-0.2, 0) is 21.4 Å². The van der Waals surface area contributed by atoms with E-state index in [9.17, 15) is 13.2 Å². The molecule has 0 aliphatic carbocycles. The van der Waals surface area contributed by atoms with Crippen LogP contribution in [0.3, 0.4) is 0 Å². The minimum atomic E-state index is -3.76. The van der Waals surface area contributed by atoms with E-state index in [1.165, 1.54) is 15.6 Å². The number of rotatable bonds is 7. The number of carbonyl (C=O) groups is 1. The third-order valence-corrected chi connectivity index (χ3v) is 10.5. The fraction of sp³-hybridized carbons (Fsp3) is 0.292. The van der Waals surface area contributed by atoms with E-state index in [4.69, 9.17) is 9.72 Å². The minimum absolute atomic E-state index is 0.248. The monoisotopic (exact) mass is 528 g/mol. The van der Waals surface area contributed by atoms with Gasteiger partial charge in [0.1, 0.15) is 21.5 Å². The second-order valence-corrected chi connectivity index (χ2v) is 12.3. The number of hydrogen-bond donors (Lipinski definition) is 0. The number of amides is 1. The molecule has 0 spiro atoms. The Morgan fingerprint density at radius 2 is 2.03 bits per heavy atom. The van der Waals surface area contributed by atoms with E-state index < -0.39 is 16.1 Å². The summed E-state index contributed by atoms with van der Waals surface area (Å²) >= 11 is 2.57. The number of methoxy groups -OCH3 is 1. The molecule has 0 bridgehead atoms. The van der Waals surface area contributed by atoms with Crippen LogP contribution in [0.2, 0.25) is 0 Å². The van der Waals surface area contributed by atoms with Crippen molar-refractivity contribution in [3.63, 3.8) is 0 Å². The Labute approximate surface area is 211 Å². The first-order valence-corrected chi connectivity index (χ1v) is 14.2. The van der Waals surface area contributed by atoms with Crippen molar-refractivity contribution in [3.05, 3.63) is 65.3 Å². The lowest BCUT2D eigenvalue weighted by molar-refractivity contribution is -0.121. The first-order chi connectivity index (χ1) is 16.9. The third-order valence-electron chi connectivity index (χ3n) is 6.05. The van der Waals surface area contributed by atoms with Gasteiger partial charge in [-0.3, -0.25) is 14.7 Å². The van der Waals surface area contributed by atoms with E-state index >= 15 is 0 Å². The van der Waals surface area contributed by atoms with E-state index in [1.54, 1.807) is 41.9 Å². The Bertz CT molecular complexity index is 1450. The minimum Gasteiger partial charge on any atom is -0.494 e. The van der Waals surface area contributed by atoms with E-state index in [0.717, 1.165) is 27.2 Å². The zero-order valence-electron chi connectivity index (χ0n) is 19.2. The third kappa shape index (κ3) is 4.44. The number of aromatic nitrogens is 2. The number of aryl methyl sites for hydroxylation is 1. The Kier molecular flexibility index (Phi) is 6.58. The lowest BCUT2D eigenvalue weighted by atomic mass is 10.2. The summed E-state index contributed by atoms with van der Waals surface area (Å²) in [6.45, 7) is 2.56. The summed E-state index contributed by atoms with van der Waals surface area (Å²) in [7, 11) is -2.17. The van der Waals surface area contributed by atoms with Crippen LogP contribution in [-0.4, -0.2) is 48.3 Å². The number of carbonyl (C=O) groups excluding carboxylic acids is 1. The molecule has 35 heavy (non-hydrogen) atoms. The SMILES string of the molecule is COc1ccc(C)c2sc(N(Cc3ccncc3)C(=O)C3CCCN3S(=O)(=O)c3cccs3)nc12. The van der Waals surface area contributed by atoms with Crippen molar-refractivity contribution in [1.82, 2.24) is 14.3 Å². The first kappa shape index (κ1) is 23.9. The number of thiophene rings is 1. The zero-order chi connectivity index (χ0) is 24.6. The molecule has 1 atom stereocenters. The summed E-state index contributed by atoms with van der Waals surface area (Å²) in [5.41, 5.74) is 2.60. The van der Waals surface area contributed by atoms with Crippen molar-refractivity contribution >= 4 is 54.0 Å². The molecule has 3 aromatic heterocycles. The number of anilines is 1. The highest BCUT2D eigenvalue weighted by Crippen LogP contribution is 2.38. The van der Waals surface area contributed by atoms with Gasteiger partial charge in [0, 0.05) is 18.9 Å². The van der Waals surface area contributed by atoms with Crippen LogP contribution in [0.1, 0.15) is 24.0 Å². The molecule has 4 aromatic rings. The van der Waals surface area contributed by atoms with Gasteiger partial charge < -0.3 is 4.74 Å². The van der Waals surface area contributed by atoms with Crippen molar-refractivity contribution in [2.45, 2.75) is 36.6 Å². The van der Waals surface area contributed by atoms with Crippen LogP contribution < -0.4 is 9.64 Å². The molecule has 5 rings (SSSR count). The van der Waals surface area contributed by atoms with Crippen molar-refractivity contribution in [2.24, 2.45) is 0 Å². The van der Waals surface area contributed by atoms with Gasteiger partial charge in [-0.05, 0) is 60.5 Å². The molecule has 1 aromatic carbocycles. The van der Waals surface area contributed by atoms with Crippen LogP contribution in [0, 0.1) is 6.92 Å². The standard InChI is InChI=1S/C24H24N4O4S3/c1-16-7-8-19(32-2)21-22(16)34-24(26-21)27(15-17-9-11-25-12-10-17)23(29)18-5-3-13-28(18)35(30,31)20-6-4-14-33-20/h4,6-12,14,18H,3,5,13,15H2,1-2H3. The second kappa shape index (κ2) is 9.65. The maximum absolute atomic E-state index is 14.0. The molecule has 0 N–H and O–H groups in total. The molecule has 8 nitrogen and oxygen atoms in total. The summed E-state index contributed by atoms with van der Waals surface area (Å²) in [5, 5.41) is 2.24. The van der Waals surface area contributed by atoms with E-state index in [2.05, 4.69) is 4.98 Å². The topological polar surface area (TPSA) is 92.7 Å². The van der Waals surface area contributed by atoms with Crippen LogP contribution in [0.25, 0.3) is 10.2 Å². The molecule has 1 aliphatic heterocycles. The maximum Gasteiger partial charge on any atom is 0.253 e. The number of ether oxygens (including phenoxy) is 1. The van der Waals surface area contributed by atoms with Gasteiger partial charge in [0.05, 0.1) is 18.4 Å². The summed E-state index contributed by atoms with van der Waals surface area (Å²) in [6, 6.07) is 10.0. The van der Waals surface area contributed by atoms with Gasteiger partial charge in [-0.25, -0.2) is 13.4 Å². The molecule has 1 saturated heterocycles. The number of hydrogen-bond acceptors (Lipinski definition) is 8. The maximum atomic E-state index is 14.0. The largest absolute Gasteiger partial charge is 0.494 e. The lowest BCUT2D eigenvalue weighted by Crippen LogP contribution is -2.47. The molecule has 11 heteroatoms. The lowest BCUT2D eigenvalue weighted by Gasteiger charge is -2.28. The highest BCUT2D eigenvalue weighted by molar-refractivity contribution is 7.91. The number of pyridine rings is 1. The van der Waals surface area contributed by atoms with Crippen molar-refractivity contribution in [1.29, 1.82) is 0 Å². The average Bonchev–Trinajstić information content (AvgIpc) is 3.64. The molecule has 4 heterocycles. The molecule has 182 valence electrons. The Morgan fingerprint density at radius 3 is 2.74 bits per heavy atom. The predicted molar refractivity (Wildman–Crippen MR) is 138 cm³/mol. The van der Waals surface area contributed by atoms with Gasteiger partial charge in [0.25, 0.3) is 10.0 Å². The van der Waals surface area contributed by atoms with E-state index in [-0.39, 0.29) is 16.7 Å². The number of benzene rings is 1. The normalized spacial score (nSPS) is 16.6.